The summed E-state index contributed by atoms with van der Waals surface area (Å²) >= 11 is 4.58. The van der Waals surface area contributed by atoms with Crippen molar-refractivity contribution in [3.8, 4) is 28.6 Å². The van der Waals surface area contributed by atoms with Gasteiger partial charge in [0, 0.05) is 5.56 Å². The highest BCUT2D eigenvalue weighted by molar-refractivity contribution is 9.10. The second-order valence-corrected chi connectivity index (χ2v) is 8.87. The molecule has 176 valence electrons. The van der Waals surface area contributed by atoms with E-state index in [0.29, 0.717) is 37.7 Å². The SMILES string of the molecule is CCCOc1ccc(-c2nc3s/c(=C/c4cc(Br)c(OC(=O)OC)c(OC)c4)c(=O)n3n2)cc1. The molecule has 0 atom stereocenters. The van der Waals surface area contributed by atoms with Crippen LogP contribution in [0.5, 0.6) is 17.2 Å². The normalized spacial score (nSPS) is 11.6. The number of carbonyl (C=O) groups is 1. The maximum atomic E-state index is 12.9. The van der Waals surface area contributed by atoms with Crippen molar-refractivity contribution >= 4 is 44.5 Å². The van der Waals surface area contributed by atoms with E-state index in [2.05, 4.69) is 30.7 Å². The fourth-order valence-corrected chi connectivity index (χ4v) is 4.52. The Morgan fingerprint density at radius 1 is 1.21 bits per heavy atom. The zero-order valence-electron chi connectivity index (χ0n) is 18.5. The lowest BCUT2D eigenvalue weighted by Gasteiger charge is -2.11. The van der Waals surface area contributed by atoms with Gasteiger partial charge in [-0.05, 0) is 70.4 Å². The molecule has 4 rings (SSSR count). The number of hydrogen-bond donors (Lipinski definition) is 0. The van der Waals surface area contributed by atoms with E-state index in [0.717, 1.165) is 17.7 Å². The Bertz CT molecular complexity index is 1450. The summed E-state index contributed by atoms with van der Waals surface area (Å²) in [5.41, 5.74) is 1.16. The van der Waals surface area contributed by atoms with Gasteiger partial charge in [-0.1, -0.05) is 18.3 Å². The van der Waals surface area contributed by atoms with Gasteiger partial charge in [0.15, 0.2) is 17.3 Å². The molecule has 2 aromatic carbocycles. The molecular weight excluding hydrogens is 526 g/mol. The number of fused-ring (bicyclic) bond motifs is 1. The fraction of sp³-hybridized carbons (Fsp3) is 0.217. The van der Waals surface area contributed by atoms with Crippen molar-refractivity contribution in [2.75, 3.05) is 20.8 Å². The number of thiazole rings is 1. The minimum Gasteiger partial charge on any atom is -0.494 e. The molecule has 0 saturated heterocycles. The van der Waals surface area contributed by atoms with Crippen LogP contribution in [0.4, 0.5) is 4.79 Å². The highest BCUT2D eigenvalue weighted by atomic mass is 79.9. The predicted octanol–water partition coefficient (Wildman–Crippen LogP) is 4.07. The van der Waals surface area contributed by atoms with E-state index in [9.17, 15) is 9.59 Å². The molecule has 2 aromatic heterocycles. The number of halogens is 1. The number of methoxy groups -OCH3 is 2. The van der Waals surface area contributed by atoms with E-state index in [1.54, 1.807) is 18.2 Å². The van der Waals surface area contributed by atoms with E-state index in [1.165, 1.54) is 30.1 Å². The van der Waals surface area contributed by atoms with Crippen LogP contribution in [0.2, 0.25) is 0 Å². The van der Waals surface area contributed by atoms with Gasteiger partial charge in [-0.2, -0.15) is 9.50 Å². The van der Waals surface area contributed by atoms with Crippen molar-refractivity contribution in [3.63, 3.8) is 0 Å². The first-order chi connectivity index (χ1) is 16.4. The van der Waals surface area contributed by atoms with Crippen molar-refractivity contribution in [2.24, 2.45) is 0 Å². The third kappa shape index (κ3) is 4.90. The van der Waals surface area contributed by atoms with Gasteiger partial charge >= 0.3 is 6.16 Å². The summed E-state index contributed by atoms with van der Waals surface area (Å²) in [6.45, 7) is 2.70. The Hall–Kier alpha value is -3.44. The van der Waals surface area contributed by atoms with Crippen molar-refractivity contribution in [1.82, 2.24) is 14.6 Å². The second kappa shape index (κ2) is 10.2. The number of benzene rings is 2. The first-order valence-corrected chi connectivity index (χ1v) is 11.8. The Kier molecular flexibility index (Phi) is 7.13. The summed E-state index contributed by atoms with van der Waals surface area (Å²) in [7, 11) is 2.66. The lowest BCUT2D eigenvalue weighted by Crippen LogP contribution is -2.23. The number of rotatable bonds is 7. The van der Waals surface area contributed by atoms with Gasteiger partial charge in [-0.15, -0.1) is 5.10 Å². The zero-order valence-corrected chi connectivity index (χ0v) is 20.9. The number of aromatic nitrogens is 3. The molecule has 11 heteroatoms. The lowest BCUT2D eigenvalue weighted by molar-refractivity contribution is 0.119. The van der Waals surface area contributed by atoms with Crippen LogP contribution in [-0.4, -0.2) is 41.6 Å². The highest BCUT2D eigenvalue weighted by Gasteiger charge is 2.16. The molecule has 9 nitrogen and oxygen atoms in total. The van der Waals surface area contributed by atoms with E-state index in [-0.39, 0.29) is 11.3 Å². The topological polar surface area (TPSA) is 101 Å². The van der Waals surface area contributed by atoms with Gasteiger partial charge in [0.25, 0.3) is 5.56 Å². The smallest absolute Gasteiger partial charge is 0.494 e. The Balaban J connectivity index is 1.66. The molecule has 0 unspecified atom stereocenters. The maximum Gasteiger partial charge on any atom is 0.513 e. The predicted molar refractivity (Wildman–Crippen MR) is 131 cm³/mol. The molecule has 4 aromatic rings. The number of hydrogen-bond acceptors (Lipinski definition) is 9. The quantitative estimate of drug-likeness (QED) is 0.253. The van der Waals surface area contributed by atoms with Gasteiger partial charge < -0.3 is 18.9 Å². The summed E-state index contributed by atoms with van der Waals surface area (Å²) in [6, 6.07) is 10.8. The van der Waals surface area contributed by atoms with Crippen LogP contribution in [0.1, 0.15) is 18.9 Å². The average Bonchev–Trinajstić information content (AvgIpc) is 3.38. The molecule has 0 spiro atoms. The van der Waals surface area contributed by atoms with Crippen LogP contribution in [0.15, 0.2) is 45.7 Å². The summed E-state index contributed by atoms with van der Waals surface area (Å²) in [5.74, 6) is 1.71. The highest BCUT2D eigenvalue weighted by Crippen LogP contribution is 2.37. The standard InChI is InChI=1S/C23H20BrN3O6S/c1-4-9-32-15-7-5-14(6-8-15)20-25-22-27(26-20)21(28)18(34-22)12-13-10-16(24)19(17(11-13)30-2)33-23(29)31-3/h5-8,10-12H,4,9H2,1-3H3/b18-12+. The van der Waals surface area contributed by atoms with Crippen LogP contribution in [0.3, 0.4) is 0 Å². The Morgan fingerprint density at radius 2 is 1.97 bits per heavy atom. The minimum absolute atomic E-state index is 0.173. The molecular formula is C23H20BrN3O6S. The summed E-state index contributed by atoms with van der Waals surface area (Å²) in [6.07, 6.45) is 1.75. The van der Waals surface area contributed by atoms with Crippen LogP contribution in [0, 0.1) is 0 Å². The Labute approximate surface area is 206 Å². The van der Waals surface area contributed by atoms with Gasteiger partial charge in [-0.3, -0.25) is 4.79 Å². The Morgan fingerprint density at radius 3 is 2.62 bits per heavy atom. The first kappa shape index (κ1) is 23.7. The molecule has 0 aliphatic heterocycles. The second-order valence-electron chi connectivity index (χ2n) is 7.01. The molecule has 0 fully saturated rings. The number of ether oxygens (including phenoxy) is 4. The van der Waals surface area contributed by atoms with Crippen LogP contribution < -0.4 is 24.3 Å². The van der Waals surface area contributed by atoms with Crippen molar-refractivity contribution < 1.29 is 23.7 Å². The van der Waals surface area contributed by atoms with E-state index in [4.69, 9.17) is 14.2 Å². The summed E-state index contributed by atoms with van der Waals surface area (Å²) in [4.78, 5) is 29.4. The molecule has 2 heterocycles. The summed E-state index contributed by atoms with van der Waals surface area (Å²) in [5, 5.41) is 4.38. The monoisotopic (exact) mass is 545 g/mol. The van der Waals surface area contributed by atoms with Crippen LogP contribution >= 0.6 is 27.3 Å². The van der Waals surface area contributed by atoms with Crippen LogP contribution in [0.25, 0.3) is 22.4 Å². The zero-order chi connectivity index (χ0) is 24.2. The number of nitrogens with zero attached hydrogens (tertiary/aromatic N) is 3. The molecule has 0 bridgehead atoms. The molecule has 0 saturated carbocycles. The first-order valence-electron chi connectivity index (χ1n) is 10.2. The average molecular weight is 546 g/mol. The largest absolute Gasteiger partial charge is 0.513 e. The minimum atomic E-state index is -0.873. The third-order valence-corrected chi connectivity index (χ3v) is 6.22. The third-order valence-electron chi connectivity index (χ3n) is 4.67. The molecule has 0 N–H and O–H groups in total. The van der Waals surface area contributed by atoms with Crippen molar-refractivity contribution in [2.45, 2.75) is 13.3 Å². The summed E-state index contributed by atoms with van der Waals surface area (Å²) < 4.78 is 22.8. The lowest BCUT2D eigenvalue weighted by atomic mass is 10.2. The fourth-order valence-electron chi connectivity index (χ4n) is 3.07. The van der Waals surface area contributed by atoms with Gasteiger partial charge in [0.05, 0.1) is 29.8 Å². The van der Waals surface area contributed by atoms with E-state index >= 15 is 0 Å². The van der Waals surface area contributed by atoms with Crippen molar-refractivity contribution in [3.05, 3.63) is 61.3 Å². The van der Waals surface area contributed by atoms with E-state index in [1.807, 2.05) is 31.2 Å². The number of carbonyl (C=O) groups excluding carboxylic acids is 1. The van der Waals surface area contributed by atoms with E-state index < -0.39 is 6.16 Å². The van der Waals surface area contributed by atoms with Crippen molar-refractivity contribution in [1.29, 1.82) is 0 Å². The van der Waals surface area contributed by atoms with Gasteiger partial charge in [0.1, 0.15) is 5.75 Å². The van der Waals surface area contributed by atoms with Gasteiger partial charge in [0.2, 0.25) is 4.96 Å². The maximum absolute atomic E-state index is 12.9. The van der Waals surface area contributed by atoms with Gasteiger partial charge in [-0.25, -0.2) is 4.79 Å². The molecule has 0 amide bonds. The van der Waals surface area contributed by atoms with Crippen LogP contribution in [-0.2, 0) is 4.74 Å². The molecule has 0 radical (unpaired) electrons. The molecule has 34 heavy (non-hydrogen) atoms. The molecule has 0 aliphatic rings. The molecule has 0 aliphatic carbocycles.